The second-order valence-corrected chi connectivity index (χ2v) is 6.74. The van der Waals surface area contributed by atoms with Crippen molar-refractivity contribution in [2.75, 3.05) is 0 Å². The second-order valence-electron chi connectivity index (χ2n) is 5.74. The molecular formula is C18H13N7S. The van der Waals surface area contributed by atoms with Gasteiger partial charge in [0.15, 0.2) is 11.5 Å². The fraction of sp³-hybridized carbons (Fsp3) is 0.0556. The predicted molar refractivity (Wildman–Crippen MR) is 99.6 cm³/mol. The molecule has 0 unspecified atom stereocenters. The number of aromatic amines is 1. The molecule has 0 amide bonds. The zero-order valence-corrected chi connectivity index (χ0v) is 14.6. The minimum Gasteiger partial charge on any atom is -0.327 e. The van der Waals surface area contributed by atoms with Gasteiger partial charge in [0.1, 0.15) is 21.9 Å². The summed E-state index contributed by atoms with van der Waals surface area (Å²) in [5, 5.41) is 13.4. The maximum atomic E-state index is 4.92. The summed E-state index contributed by atoms with van der Waals surface area (Å²) in [7, 11) is 0. The number of aryl methyl sites for hydroxylation is 1. The van der Waals surface area contributed by atoms with Gasteiger partial charge in [-0.2, -0.15) is 5.10 Å². The minimum atomic E-state index is 0.701. The Bertz CT molecular complexity index is 1190. The molecule has 4 heterocycles. The molecule has 0 aliphatic carbocycles. The van der Waals surface area contributed by atoms with Crippen LogP contribution in [-0.4, -0.2) is 34.8 Å². The fourth-order valence-electron chi connectivity index (χ4n) is 2.93. The molecule has 5 rings (SSSR count). The molecule has 0 saturated heterocycles. The summed E-state index contributed by atoms with van der Waals surface area (Å²) in [4.78, 5) is 13.5. The average molecular weight is 359 g/mol. The number of hydrogen-bond acceptors (Lipinski definition) is 6. The van der Waals surface area contributed by atoms with Gasteiger partial charge in [-0.3, -0.25) is 0 Å². The Morgan fingerprint density at radius 3 is 2.73 bits per heavy atom. The molecule has 0 aliphatic heterocycles. The van der Waals surface area contributed by atoms with Crippen LogP contribution in [0.5, 0.6) is 0 Å². The first-order valence-corrected chi connectivity index (χ1v) is 8.86. The molecule has 0 fully saturated rings. The molecule has 0 aliphatic rings. The van der Waals surface area contributed by atoms with E-state index in [1.54, 1.807) is 23.9 Å². The lowest BCUT2D eigenvalue weighted by atomic mass is 10.1. The topological polar surface area (TPSA) is 84.7 Å². The number of nitrogens with zero attached hydrogens (tertiary/aromatic N) is 6. The number of aromatic nitrogens is 7. The highest BCUT2D eigenvalue weighted by molar-refractivity contribution is 7.18. The van der Waals surface area contributed by atoms with E-state index in [0.717, 1.165) is 38.2 Å². The van der Waals surface area contributed by atoms with Gasteiger partial charge in [-0.15, -0.1) is 21.5 Å². The van der Waals surface area contributed by atoms with Crippen molar-refractivity contribution in [1.29, 1.82) is 0 Å². The number of nitrogens with one attached hydrogen (secondary N) is 1. The van der Waals surface area contributed by atoms with Crippen LogP contribution < -0.4 is 0 Å². The molecular weight excluding hydrogens is 346 g/mol. The fourth-order valence-corrected chi connectivity index (χ4v) is 4.05. The quantitative estimate of drug-likeness (QED) is 0.532. The van der Waals surface area contributed by atoms with E-state index in [-0.39, 0.29) is 0 Å². The van der Waals surface area contributed by atoms with Crippen LogP contribution in [-0.2, 0) is 0 Å². The summed E-state index contributed by atoms with van der Waals surface area (Å²) in [6.45, 7) is 1.97. The number of H-pyrrole nitrogens is 1. The van der Waals surface area contributed by atoms with Crippen molar-refractivity contribution in [3.05, 3.63) is 60.7 Å². The third-order valence-electron chi connectivity index (χ3n) is 4.08. The van der Waals surface area contributed by atoms with Gasteiger partial charge < -0.3 is 4.98 Å². The molecule has 0 bridgehead atoms. The molecule has 7 nitrogen and oxygen atoms in total. The lowest BCUT2D eigenvalue weighted by Gasteiger charge is -1.99. The molecule has 1 aromatic carbocycles. The monoisotopic (exact) mass is 359 g/mol. The van der Waals surface area contributed by atoms with E-state index < -0.39 is 0 Å². The van der Waals surface area contributed by atoms with Crippen molar-refractivity contribution in [3.63, 3.8) is 0 Å². The zero-order valence-electron chi connectivity index (χ0n) is 13.8. The molecule has 8 heteroatoms. The summed E-state index contributed by atoms with van der Waals surface area (Å²) < 4.78 is 1.83. The number of rotatable bonds is 3. The van der Waals surface area contributed by atoms with E-state index in [2.05, 4.69) is 25.3 Å². The smallest absolute Gasteiger partial charge is 0.173 e. The lowest BCUT2D eigenvalue weighted by Crippen LogP contribution is -1.93. The van der Waals surface area contributed by atoms with Gasteiger partial charge in [-0.25, -0.2) is 14.5 Å². The third kappa shape index (κ3) is 2.31. The molecule has 0 atom stereocenters. The molecule has 26 heavy (non-hydrogen) atoms. The van der Waals surface area contributed by atoms with E-state index >= 15 is 0 Å². The number of benzene rings is 1. The van der Waals surface area contributed by atoms with Crippen LogP contribution in [0.3, 0.4) is 0 Å². The minimum absolute atomic E-state index is 0.701. The van der Waals surface area contributed by atoms with Crippen molar-refractivity contribution in [2.45, 2.75) is 6.92 Å². The molecule has 0 saturated carbocycles. The highest BCUT2D eigenvalue weighted by atomic mass is 32.1. The highest BCUT2D eigenvalue weighted by Crippen LogP contribution is 2.39. The van der Waals surface area contributed by atoms with Crippen LogP contribution in [0.4, 0.5) is 0 Å². The number of hydrogen-bond donors (Lipinski definition) is 1. The maximum Gasteiger partial charge on any atom is 0.173 e. The average Bonchev–Trinajstić information content (AvgIpc) is 3.39. The van der Waals surface area contributed by atoms with E-state index in [1.165, 1.54) is 0 Å². The van der Waals surface area contributed by atoms with Crippen molar-refractivity contribution in [1.82, 2.24) is 34.8 Å². The number of fused-ring (bicyclic) bond motifs is 1. The third-order valence-corrected chi connectivity index (χ3v) is 5.14. The maximum absolute atomic E-state index is 4.92. The highest BCUT2D eigenvalue weighted by Gasteiger charge is 2.22. The van der Waals surface area contributed by atoms with Gasteiger partial charge in [0.25, 0.3) is 0 Å². The second kappa shape index (κ2) is 5.85. The Morgan fingerprint density at radius 2 is 1.92 bits per heavy atom. The molecule has 126 valence electrons. The van der Waals surface area contributed by atoms with Gasteiger partial charge >= 0.3 is 0 Å². The SMILES string of the molecule is Cc1nc2cccnn2c1-c1nc(-c2ccccc2)c(-c2nnc[nH]2)s1. The molecule has 4 aromatic heterocycles. The summed E-state index contributed by atoms with van der Waals surface area (Å²) in [5.41, 5.74) is 4.49. The van der Waals surface area contributed by atoms with Gasteiger partial charge in [-0.05, 0) is 19.1 Å². The van der Waals surface area contributed by atoms with Crippen LogP contribution in [0.25, 0.3) is 38.3 Å². The van der Waals surface area contributed by atoms with Crippen LogP contribution in [0.1, 0.15) is 5.69 Å². The van der Waals surface area contributed by atoms with Gasteiger partial charge in [0.05, 0.1) is 11.4 Å². The molecule has 5 aromatic rings. The van der Waals surface area contributed by atoms with Crippen molar-refractivity contribution in [3.8, 4) is 32.7 Å². The van der Waals surface area contributed by atoms with Gasteiger partial charge in [-0.1, -0.05) is 30.3 Å². The first-order valence-electron chi connectivity index (χ1n) is 8.04. The lowest BCUT2D eigenvalue weighted by molar-refractivity contribution is 0.940. The first kappa shape index (κ1) is 14.9. The molecule has 0 spiro atoms. The Labute approximate surface area is 152 Å². The van der Waals surface area contributed by atoms with Gasteiger partial charge in [0.2, 0.25) is 0 Å². The van der Waals surface area contributed by atoms with Crippen LogP contribution >= 0.6 is 11.3 Å². The van der Waals surface area contributed by atoms with E-state index in [4.69, 9.17) is 4.98 Å². The van der Waals surface area contributed by atoms with E-state index in [1.807, 2.05) is 53.9 Å². The molecule has 0 radical (unpaired) electrons. The summed E-state index contributed by atoms with van der Waals surface area (Å²) in [6.07, 6.45) is 3.32. The summed E-state index contributed by atoms with van der Waals surface area (Å²) in [6, 6.07) is 13.9. The Balaban J connectivity index is 1.77. The van der Waals surface area contributed by atoms with E-state index in [0.29, 0.717) is 5.82 Å². The summed E-state index contributed by atoms with van der Waals surface area (Å²) in [5.74, 6) is 0.701. The van der Waals surface area contributed by atoms with E-state index in [9.17, 15) is 0 Å². The number of imidazole rings is 1. The summed E-state index contributed by atoms with van der Waals surface area (Å²) >= 11 is 1.55. The standard InChI is InChI=1S/C18H13N7S/c1-11-15(25-13(22-11)8-5-9-21-25)18-23-14(12-6-3-2-4-7-12)16(26-18)17-19-10-20-24-17/h2-10H,1H3,(H,19,20,24). The van der Waals surface area contributed by atoms with Crippen molar-refractivity contribution >= 4 is 17.0 Å². The van der Waals surface area contributed by atoms with Gasteiger partial charge in [0, 0.05) is 11.8 Å². The number of thiazole rings is 1. The van der Waals surface area contributed by atoms with Crippen molar-refractivity contribution in [2.24, 2.45) is 0 Å². The predicted octanol–water partition coefficient (Wildman–Crippen LogP) is 3.61. The van der Waals surface area contributed by atoms with Crippen LogP contribution in [0.15, 0.2) is 55.0 Å². The van der Waals surface area contributed by atoms with Crippen LogP contribution in [0.2, 0.25) is 0 Å². The zero-order chi connectivity index (χ0) is 17.5. The normalized spacial score (nSPS) is 11.3. The largest absolute Gasteiger partial charge is 0.327 e. The van der Waals surface area contributed by atoms with Crippen LogP contribution in [0, 0.1) is 6.92 Å². The Kier molecular flexibility index (Phi) is 3.36. The van der Waals surface area contributed by atoms with Crippen molar-refractivity contribution < 1.29 is 0 Å². The first-order chi connectivity index (χ1) is 12.8. The Morgan fingerprint density at radius 1 is 1.04 bits per heavy atom. The molecule has 1 N–H and O–H groups in total. The Hall–Kier alpha value is -3.39.